The number of fused-ring (bicyclic) bond motifs is 1. The molecule has 0 N–H and O–H groups in total. The van der Waals surface area contributed by atoms with Gasteiger partial charge in [-0.3, -0.25) is 0 Å². The van der Waals surface area contributed by atoms with E-state index in [1.807, 2.05) is 4.68 Å². The van der Waals surface area contributed by atoms with Gasteiger partial charge in [0, 0.05) is 16.5 Å². The molecule has 0 amide bonds. The number of halogens is 1. The van der Waals surface area contributed by atoms with Crippen molar-refractivity contribution in [3.63, 3.8) is 0 Å². The van der Waals surface area contributed by atoms with Crippen LogP contribution in [0.3, 0.4) is 0 Å². The van der Waals surface area contributed by atoms with E-state index in [0.717, 1.165) is 41.2 Å². The predicted molar refractivity (Wildman–Crippen MR) is 77.6 cm³/mol. The smallest absolute Gasteiger partial charge is 0.337 e. The molecule has 3 rings (SSSR count). The van der Waals surface area contributed by atoms with Crippen LogP contribution in [0.1, 0.15) is 35.8 Å². The van der Waals surface area contributed by atoms with E-state index in [-0.39, 0.29) is 12.2 Å². The maximum atomic E-state index is 11.7. The van der Waals surface area contributed by atoms with Gasteiger partial charge < -0.3 is 9.47 Å². The number of hydrogen-bond acceptors (Lipinski definition) is 4. The molecule has 6 heteroatoms. The Morgan fingerprint density at radius 3 is 3.05 bits per heavy atom. The van der Waals surface area contributed by atoms with Crippen molar-refractivity contribution >= 4 is 32.8 Å². The van der Waals surface area contributed by atoms with Gasteiger partial charge in [0.2, 0.25) is 0 Å². The number of aromatic nitrogens is 2. The first-order chi connectivity index (χ1) is 9.70. The van der Waals surface area contributed by atoms with Crippen molar-refractivity contribution < 1.29 is 14.3 Å². The highest BCUT2D eigenvalue weighted by molar-refractivity contribution is 9.10. The topological polar surface area (TPSA) is 53.3 Å². The molecule has 1 fully saturated rings. The summed E-state index contributed by atoms with van der Waals surface area (Å²) in [6.07, 6.45) is 4.90. The quantitative estimate of drug-likeness (QED) is 0.788. The average molecular weight is 339 g/mol. The number of benzene rings is 1. The standard InChI is InChI=1S/C14H15BrN2O3/c1-19-14(18)9-6-11(15)10-8-16-17(12(10)7-9)13-4-2-3-5-20-13/h6-8,13H,2-5H2,1H3. The van der Waals surface area contributed by atoms with Crippen molar-refractivity contribution in [1.82, 2.24) is 9.78 Å². The predicted octanol–water partition coefficient (Wildman–Crippen LogP) is 3.28. The summed E-state index contributed by atoms with van der Waals surface area (Å²) in [5, 5.41) is 5.38. The van der Waals surface area contributed by atoms with Gasteiger partial charge in [0.25, 0.3) is 0 Å². The van der Waals surface area contributed by atoms with E-state index in [9.17, 15) is 4.79 Å². The second kappa shape index (κ2) is 5.54. The van der Waals surface area contributed by atoms with Crippen LogP contribution in [0.15, 0.2) is 22.8 Å². The number of rotatable bonds is 2. The summed E-state index contributed by atoms with van der Waals surface area (Å²) in [6.45, 7) is 0.754. The molecule has 2 aromatic rings. The molecular formula is C14H15BrN2O3. The third kappa shape index (κ3) is 2.33. The zero-order valence-corrected chi connectivity index (χ0v) is 12.7. The summed E-state index contributed by atoms with van der Waals surface area (Å²) >= 11 is 3.48. The number of carbonyl (C=O) groups is 1. The molecule has 20 heavy (non-hydrogen) atoms. The van der Waals surface area contributed by atoms with Gasteiger partial charge in [-0.1, -0.05) is 15.9 Å². The second-order valence-corrected chi connectivity index (χ2v) is 5.65. The Kier molecular flexibility index (Phi) is 3.76. The third-order valence-electron chi connectivity index (χ3n) is 3.52. The lowest BCUT2D eigenvalue weighted by atomic mass is 10.1. The number of hydrogen-bond donors (Lipinski definition) is 0. The van der Waals surface area contributed by atoms with Crippen molar-refractivity contribution in [2.75, 3.05) is 13.7 Å². The molecule has 1 aromatic heterocycles. The van der Waals surface area contributed by atoms with Crippen LogP contribution in [-0.4, -0.2) is 29.5 Å². The van der Waals surface area contributed by atoms with E-state index in [1.54, 1.807) is 18.3 Å². The first-order valence-electron chi connectivity index (χ1n) is 6.57. The summed E-state index contributed by atoms with van der Waals surface area (Å²) in [5.74, 6) is -0.357. The fourth-order valence-corrected chi connectivity index (χ4v) is 3.04. The maximum Gasteiger partial charge on any atom is 0.337 e. The molecule has 1 atom stereocenters. The highest BCUT2D eigenvalue weighted by Crippen LogP contribution is 2.30. The normalized spacial score (nSPS) is 19.2. The van der Waals surface area contributed by atoms with E-state index in [0.29, 0.717) is 5.56 Å². The van der Waals surface area contributed by atoms with E-state index in [4.69, 9.17) is 9.47 Å². The van der Waals surface area contributed by atoms with Crippen molar-refractivity contribution in [2.24, 2.45) is 0 Å². The fourth-order valence-electron chi connectivity index (χ4n) is 2.48. The molecular weight excluding hydrogens is 324 g/mol. The average Bonchev–Trinajstić information content (AvgIpc) is 2.91. The lowest BCUT2D eigenvalue weighted by molar-refractivity contribution is -0.0366. The van der Waals surface area contributed by atoms with Crippen LogP contribution in [0.5, 0.6) is 0 Å². The molecule has 1 unspecified atom stereocenters. The summed E-state index contributed by atoms with van der Waals surface area (Å²) in [6, 6.07) is 3.55. The van der Waals surface area contributed by atoms with Crippen LogP contribution in [0.25, 0.3) is 10.9 Å². The Hall–Kier alpha value is -1.40. The van der Waals surface area contributed by atoms with Crippen molar-refractivity contribution in [1.29, 1.82) is 0 Å². The van der Waals surface area contributed by atoms with Crippen LogP contribution in [0.2, 0.25) is 0 Å². The van der Waals surface area contributed by atoms with Crippen molar-refractivity contribution in [3.05, 3.63) is 28.4 Å². The van der Waals surface area contributed by atoms with Crippen molar-refractivity contribution in [2.45, 2.75) is 25.5 Å². The molecule has 1 saturated heterocycles. The van der Waals surface area contributed by atoms with E-state index >= 15 is 0 Å². The number of carbonyl (C=O) groups excluding carboxylic acids is 1. The first kappa shape index (κ1) is 13.6. The molecule has 1 aliphatic heterocycles. The monoisotopic (exact) mass is 338 g/mol. The zero-order chi connectivity index (χ0) is 14.1. The summed E-state index contributed by atoms with van der Waals surface area (Å²) in [5.41, 5.74) is 1.39. The highest BCUT2D eigenvalue weighted by atomic mass is 79.9. The number of nitrogens with zero attached hydrogens (tertiary/aromatic N) is 2. The van der Waals surface area contributed by atoms with Gasteiger partial charge in [0.1, 0.15) is 0 Å². The number of esters is 1. The van der Waals surface area contributed by atoms with Gasteiger partial charge in [0.05, 0.1) is 24.4 Å². The molecule has 0 aliphatic carbocycles. The SMILES string of the molecule is COC(=O)c1cc(Br)c2cnn(C3CCCCO3)c2c1. The minimum Gasteiger partial charge on any atom is -0.465 e. The molecule has 2 heterocycles. The Labute approximate surface area is 125 Å². The van der Waals surface area contributed by atoms with Crippen LogP contribution >= 0.6 is 15.9 Å². The minimum atomic E-state index is -0.357. The first-order valence-corrected chi connectivity index (χ1v) is 7.36. The van der Waals surface area contributed by atoms with Gasteiger partial charge >= 0.3 is 5.97 Å². The minimum absolute atomic E-state index is 0.0546. The molecule has 0 saturated carbocycles. The molecule has 5 nitrogen and oxygen atoms in total. The van der Waals surface area contributed by atoms with Gasteiger partial charge in [0.15, 0.2) is 6.23 Å². The molecule has 0 spiro atoms. The second-order valence-electron chi connectivity index (χ2n) is 4.79. The third-order valence-corrected chi connectivity index (χ3v) is 4.17. The lowest BCUT2D eigenvalue weighted by Crippen LogP contribution is -2.19. The fraction of sp³-hybridized carbons (Fsp3) is 0.429. The molecule has 0 bridgehead atoms. The Balaban J connectivity index is 2.09. The lowest BCUT2D eigenvalue weighted by Gasteiger charge is -2.23. The van der Waals surface area contributed by atoms with Crippen molar-refractivity contribution in [3.8, 4) is 0 Å². The largest absolute Gasteiger partial charge is 0.465 e. The highest BCUT2D eigenvalue weighted by Gasteiger charge is 2.20. The molecule has 1 aliphatic rings. The van der Waals surface area contributed by atoms with Gasteiger partial charge in [-0.2, -0.15) is 5.10 Å². The van der Waals surface area contributed by atoms with Crippen LogP contribution in [-0.2, 0) is 9.47 Å². The van der Waals surface area contributed by atoms with Gasteiger partial charge in [-0.05, 0) is 31.4 Å². The van der Waals surface area contributed by atoms with E-state index in [2.05, 4.69) is 21.0 Å². The summed E-state index contributed by atoms with van der Waals surface area (Å²) in [7, 11) is 1.38. The summed E-state index contributed by atoms with van der Waals surface area (Å²) < 4.78 is 13.2. The maximum absolute atomic E-state index is 11.7. The van der Waals surface area contributed by atoms with Gasteiger partial charge in [-0.15, -0.1) is 0 Å². The summed E-state index contributed by atoms with van der Waals surface area (Å²) in [4.78, 5) is 11.7. The Morgan fingerprint density at radius 1 is 1.50 bits per heavy atom. The van der Waals surface area contributed by atoms with Crippen LogP contribution in [0.4, 0.5) is 0 Å². The number of ether oxygens (including phenoxy) is 2. The molecule has 0 radical (unpaired) electrons. The van der Waals surface area contributed by atoms with E-state index < -0.39 is 0 Å². The van der Waals surface area contributed by atoms with Gasteiger partial charge in [-0.25, -0.2) is 9.48 Å². The Bertz CT molecular complexity index is 647. The Morgan fingerprint density at radius 2 is 2.35 bits per heavy atom. The van der Waals surface area contributed by atoms with Crippen LogP contribution < -0.4 is 0 Å². The molecule has 106 valence electrons. The number of methoxy groups -OCH3 is 1. The van der Waals surface area contributed by atoms with E-state index in [1.165, 1.54) is 7.11 Å². The zero-order valence-electron chi connectivity index (χ0n) is 11.1. The molecule has 1 aromatic carbocycles. The van der Waals surface area contributed by atoms with Crippen LogP contribution in [0, 0.1) is 0 Å².